The average molecular weight is 273 g/mol. The Morgan fingerprint density at radius 3 is 2.50 bits per heavy atom. The second kappa shape index (κ2) is 5.95. The third kappa shape index (κ3) is 4.52. The zero-order valence-electron chi connectivity index (χ0n) is 11.6. The average Bonchev–Trinajstić information content (AvgIpc) is 2.27. The second-order valence-electron chi connectivity index (χ2n) is 5.94. The molecule has 1 aliphatic heterocycles. The first kappa shape index (κ1) is 15.3. The predicted octanol–water partition coefficient (Wildman–Crippen LogP) is 2.61. The molecule has 0 radical (unpaired) electrons. The van der Waals surface area contributed by atoms with Crippen molar-refractivity contribution in [2.24, 2.45) is 5.92 Å². The fourth-order valence-corrected chi connectivity index (χ4v) is 3.30. The van der Waals surface area contributed by atoms with Gasteiger partial charge in [0, 0.05) is 0 Å². The van der Waals surface area contributed by atoms with Crippen LogP contribution in [-0.2, 0) is 9.53 Å². The number of carbonyl (C=O) groups excluding carboxylic acids is 2. The minimum absolute atomic E-state index is 0.182. The van der Waals surface area contributed by atoms with E-state index in [-0.39, 0.29) is 5.92 Å². The SMILES string of the molecule is CC(C)(C)OC(=O)NC(C)(C=O)C1CCCSC1. The normalized spacial score (nSPS) is 23.9. The third-order valence-electron chi connectivity index (χ3n) is 3.02. The largest absolute Gasteiger partial charge is 0.444 e. The van der Waals surface area contributed by atoms with Crippen molar-refractivity contribution in [1.29, 1.82) is 0 Å². The molecule has 0 aromatic rings. The van der Waals surface area contributed by atoms with Crippen LogP contribution in [0.2, 0.25) is 0 Å². The topological polar surface area (TPSA) is 55.4 Å². The lowest BCUT2D eigenvalue weighted by atomic mass is 9.85. The molecule has 4 nitrogen and oxygen atoms in total. The van der Waals surface area contributed by atoms with Gasteiger partial charge in [0.05, 0.1) is 5.54 Å². The van der Waals surface area contributed by atoms with Crippen LogP contribution in [0.15, 0.2) is 0 Å². The number of alkyl carbamates (subject to hydrolysis) is 1. The summed E-state index contributed by atoms with van der Waals surface area (Å²) >= 11 is 1.83. The fourth-order valence-electron chi connectivity index (χ4n) is 1.96. The maximum atomic E-state index is 11.8. The molecule has 18 heavy (non-hydrogen) atoms. The molecule has 5 heteroatoms. The van der Waals surface area contributed by atoms with Crippen LogP contribution < -0.4 is 5.32 Å². The Labute approximate surface area is 113 Å². The van der Waals surface area contributed by atoms with Crippen molar-refractivity contribution < 1.29 is 14.3 Å². The van der Waals surface area contributed by atoms with Gasteiger partial charge in [-0.3, -0.25) is 0 Å². The molecule has 104 valence electrons. The molecule has 1 rings (SSSR count). The molecule has 1 saturated heterocycles. The van der Waals surface area contributed by atoms with E-state index < -0.39 is 17.2 Å². The molecule has 1 aliphatic rings. The van der Waals surface area contributed by atoms with E-state index in [2.05, 4.69) is 5.32 Å². The van der Waals surface area contributed by atoms with E-state index in [0.29, 0.717) is 0 Å². The Morgan fingerprint density at radius 1 is 1.39 bits per heavy atom. The highest BCUT2D eigenvalue weighted by atomic mass is 32.2. The van der Waals surface area contributed by atoms with E-state index in [0.717, 1.165) is 30.6 Å². The maximum absolute atomic E-state index is 11.8. The fraction of sp³-hybridized carbons (Fsp3) is 0.846. The highest BCUT2D eigenvalue weighted by Gasteiger charge is 2.37. The molecule has 1 heterocycles. The highest BCUT2D eigenvalue weighted by molar-refractivity contribution is 7.99. The van der Waals surface area contributed by atoms with E-state index in [1.807, 2.05) is 11.8 Å². The van der Waals surface area contributed by atoms with Gasteiger partial charge in [-0.05, 0) is 58.0 Å². The molecule has 0 saturated carbocycles. The zero-order chi connectivity index (χ0) is 13.8. The quantitative estimate of drug-likeness (QED) is 0.803. The minimum Gasteiger partial charge on any atom is -0.444 e. The van der Waals surface area contributed by atoms with E-state index in [4.69, 9.17) is 4.74 Å². The molecule has 2 unspecified atom stereocenters. The van der Waals surface area contributed by atoms with Crippen LogP contribution in [0.5, 0.6) is 0 Å². The number of hydrogen-bond donors (Lipinski definition) is 1. The van der Waals surface area contributed by atoms with Crippen LogP contribution in [0, 0.1) is 5.92 Å². The molecule has 1 fully saturated rings. The van der Waals surface area contributed by atoms with E-state index in [1.54, 1.807) is 27.7 Å². The number of rotatable bonds is 3. The van der Waals surface area contributed by atoms with Crippen molar-refractivity contribution in [3.05, 3.63) is 0 Å². The molecule has 1 amide bonds. The van der Waals surface area contributed by atoms with Gasteiger partial charge in [0.1, 0.15) is 11.9 Å². The monoisotopic (exact) mass is 273 g/mol. The van der Waals surface area contributed by atoms with Crippen LogP contribution in [0.1, 0.15) is 40.5 Å². The number of aldehydes is 1. The van der Waals surface area contributed by atoms with Gasteiger partial charge >= 0.3 is 6.09 Å². The lowest BCUT2D eigenvalue weighted by molar-refractivity contribution is -0.114. The number of carbonyl (C=O) groups is 2. The summed E-state index contributed by atoms with van der Waals surface area (Å²) in [6.45, 7) is 7.20. The van der Waals surface area contributed by atoms with Gasteiger partial charge in [-0.15, -0.1) is 0 Å². The van der Waals surface area contributed by atoms with E-state index in [9.17, 15) is 9.59 Å². The predicted molar refractivity (Wildman–Crippen MR) is 73.9 cm³/mol. The lowest BCUT2D eigenvalue weighted by Gasteiger charge is -2.36. The smallest absolute Gasteiger partial charge is 0.408 e. The summed E-state index contributed by atoms with van der Waals surface area (Å²) in [6, 6.07) is 0. The molecule has 0 bridgehead atoms. The number of nitrogens with one attached hydrogen (secondary N) is 1. The maximum Gasteiger partial charge on any atom is 0.408 e. The van der Waals surface area contributed by atoms with Crippen LogP contribution in [-0.4, -0.2) is 35.0 Å². The van der Waals surface area contributed by atoms with Crippen LogP contribution >= 0.6 is 11.8 Å². The molecule has 0 aromatic heterocycles. The minimum atomic E-state index is -0.824. The van der Waals surface area contributed by atoms with Crippen molar-refractivity contribution in [3.63, 3.8) is 0 Å². The number of ether oxygens (including phenoxy) is 1. The van der Waals surface area contributed by atoms with Crippen LogP contribution in [0.3, 0.4) is 0 Å². The Morgan fingerprint density at radius 2 is 2.06 bits per heavy atom. The number of amides is 1. The molecule has 0 aliphatic carbocycles. The summed E-state index contributed by atoms with van der Waals surface area (Å²) < 4.78 is 5.21. The van der Waals surface area contributed by atoms with E-state index >= 15 is 0 Å². The van der Waals surface area contributed by atoms with Crippen LogP contribution in [0.4, 0.5) is 4.79 Å². The van der Waals surface area contributed by atoms with Crippen molar-refractivity contribution in [3.8, 4) is 0 Å². The molecule has 0 aromatic carbocycles. The van der Waals surface area contributed by atoms with Gasteiger partial charge < -0.3 is 14.8 Å². The van der Waals surface area contributed by atoms with Crippen molar-refractivity contribution in [2.45, 2.75) is 51.7 Å². The summed E-state index contributed by atoms with van der Waals surface area (Å²) in [4.78, 5) is 23.1. The lowest BCUT2D eigenvalue weighted by Crippen LogP contribution is -2.55. The van der Waals surface area contributed by atoms with Crippen molar-refractivity contribution in [1.82, 2.24) is 5.32 Å². The van der Waals surface area contributed by atoms with Gasteiger partial charge in [-0.2, -0.15) is 11.8 Å². The molecule has 2 atom stereocenters. The highest BCUT2D eigenvalue weighted by Crippen LogP contribution is 2.30. The first-order valence-electron chi connectivity index (χ1n) is 6.32. The molecular weight excluding hydrogens is 250 g/mol. The van der Waals surface area contributed by atoms with Crippen molar-refractivity contribution >= 4 is 24.1 Å². The van der Waals surface area contributed by atoms with Gasteiger partial charge in [0.2, 0.25) is 0 Å². The summed E-state index contributed by atoms with van der Waals surface area (Å²) in [6.07, 6.45) is 2.38. The molecular formula is C13H23NO3S. The Bertz CT molecular complexity index is 308. The second-order valence-corrected chi connectivity index (χ2v) is 7.09. The standard InChI is InChI=1S/C13H23NO3S/c1-12(2,3)17-11(16)14-13(4,9-15)10-6-5-7-18-8-10/h9-10H,5-8H2,1-4H3,(H,14,16). The first-order chi connectivity index (χ1) is 8.27. The summed E-state index contributed by atoms with van der Waals surface area (Å²) in [5, 5.41) is 2.73. The number of hydrogen-bond acceptors (Lipinski definition) is 4. The van der Waals surface area contributed by atoms with Gasteiger partial charge in [0.25, 0.3) is 0 Å². The zero-order valence-corrected chi connectivity index (χ0v) is 12.4. The summed E-state index contributed by atoms with van der Waals surface area (Å²) in [5.41, 5.74) is -1.37. The van der Waals surface area contributed by atoms with E-state index in [1.165, 1.54) is 0 Å². The Kier molecular flexibility index (Phi) is 5.08. The molecule has 1 N–H and O–H groups in total. The first-order valence-corrected chi connectivity index (χ1v) is 7.47. The van der Waals surface area contributed by atoms with Gasteiger partial charge in [0.15, 0.2) is 0 Å². The third-order valence-corrected chi connectivity index (χ3v) is 4.24. The summed E-state index contributed by atoms with van der Waals surface area (Å²) in [5.74, 6) is 2.23. The number of thioether (sulfide) groups is 1. The Hall–Kier alpha value is -0.710. The van der Waals surface area contributed by atoms with Gasteiger partial charge in [-0.1, -0.05) is 0 Å². The van der Waals surface area contributed by atoms with Crippen molar-refractivity contribution in [2.75, 3.05) is 11.5 Å². The molecule has 0 spiro atoms. The summed E-state index contributed by atoms with van der Waals surface area (Å²) in [7, 11) is 0. The van der Waals surface area contributed by atoms with Gasteiger partial charge in [-0.25, -0.2) is 4.79 Å². The van der Waals surface area contributed by atoms with Crippen LogP contribution in [0.25, 0.3) is 0 Å². The Balaban J connectivity index is 2.64.